The van der Waals surface area contributed by atoms with Crippen LogP contribution in [0.5, 0.6) is 11.5 Å². The molecule has 0 bridgehead atoms. The summed E-state index contributed by atoms with van der Waals surface area (Å²) in [5.41, 5.74) is 1.21. The van der Waals surface area contributed by atoms with E-state index in [-0.39, 0.29) is 24.5 Å². The van der Waals surface area contributed by atoms with Crippen molar-refractivity contribution in [1.82, 2.24) is 10.1 Å². The molecule has 1 aromatic heterocycles. The van der Waals surface area contributed by atoms with E-state index in [0.717, 1.165) is 11.3 Å². The first kappa shape index (κ1) is 20.3. The molecule has 1 N–H and O–H groups in total. The first-order valence-corrected chi connectivity index (χ1v) is 9.37. The van der Waals surface area contributed by atoms with Gasteiger partial charge in [0.1, 0.15) is 17.3 Å². The van der Waals surface area contributed by atoms with Crippen molar-refractivity contribution in [2.24, 2.45) is 0 Å². The molecule has 7 nitrogen and oxygen atoms in total. The highest BCUT2D eigenvalue weighted by atomic mass is 19.1. The minimum Gasteiger partial charge on any atom is -0.494 e. The maximum absolute atomic E-state index is 13.4. The van der Waals surface area contributed by atoms with E-state index in [9.17, 15) is 9.18 Å². The standard InChI is InChI=1S/C21H22FN3O4/c1-3-27-16-8-5-14(6-9-16)21-24-20(29-25-21)12-11-19(26)23-17-10-7-15(22)13-18(17)28-4-2/h5-10,13H,3-4,11-12H2,1-2H3,(H,23,26). The average molecular weight is 399 g/mol. The second-order valence-corrected chi connectivity index (χ2v) is 6.09. The molecule has 29 heavy (non-hydrogen) atoms. The largest absolute Gasteiger partial charge is 0.494 e. The molecular weight excluding hydrogens is 377 g/mol. The van der Waals surface area contributed by atoms with Gasteiger partial charge in [0.2, 0.25) is 17.6 Å². The smallest absolute Gasteiger partial charge is 0.227 e. The third-order valence-electron chi connectivity index (χ3n) is 3.98. The molecule has 0 radical (unpaired) electrons. The average Bonchev–Trinajstić information content (AvgIpc) is 3.19. The molecule has 0 spiro atoms. The highest BCUT2D eigenvalue weighted by molar-refractivity contribution is 5.92. The van der Waals surface area contributed by atoms with Crippen molar-refractivity contribution in [2.45, 2.75) is 26.7 Å². The van der Waals surface area contributed by atoms with Crippen molar-refractivity contribution in [2.75, 3.05) is 18.5 Å². The fourth-order valence-electron chi connectivity index (χ4n) is 2.65. The van der Waals surface area contributed by atoms with Gasteiger partial charge < -0.3 is 19.3 Å². The van der Waals surface area contributed by atoms with Gasteiger partial charge in [0.05, 0.1) is 18.9 Å². The first-order valence-electron chi connectivity index (χ1n) is 9.37. The minimum absolute atomic E-state index is 0.133. The fourth-order valence-corrected chi connectivity index (χ4v) is 2.65. The molecule has 3 aromatic rings. The summed E-state index contributed by atoms with van der Waals surface area (Å²) >= 11 is 0. The van der Waals surface area contributed by atoms with Gasteiger partial charge in [0, 0.05) is 24.5 Å². The molecule has 0 atom stereocenters. The number of aryl methyl sites for hydroxylation is 1. The van der Waals surface area contributed by atoms with Gasteiger partial charge in [-0.1, -0.05) is 5.16 Å². The molecule has 0 fully saturated rings. The number of amides is 1. The second-order valence-electron chi connectivity index (χ2n) is 6.09. The predicted molar refractivity (Wildman–Crippen MR) is 105 cm³/mol. The lowest BCUT2D eigenvalue weighted by Gasteiger charge is -2.11. The number of carbonyl (C=O) groups excluding carboxylic acids is 1. The van der Waals surface area contributed by atoms with Crippen molar-refractivity contribution in [3.05, 3.63) is 54.2 Å². The fraction of sp³-hybridized carbons (Fsp3) is 0.286. The monoisotopic (exact) mass is 399 g/mol. The molecular formula is C21H22FN3O4. The first-order chi connectivity index (χ1) is 14.1. The number of aromatic nitrogens is 2. The third-order valence-corrected chi connectivity index (χ3v) is 3.98. The zero-order valence-electron chi connectivity index (χ0n) is 16.3. The maximum atomic E-state index is 13.4. The SMILES string of the molecule is CCOc1ccc(-c2noc(CCC(=O)Nc3ccc(F)cc3OCC)n2)cc1. The summed E-state index contributed by atoms with van der Waals surface area (Å²) in [5.74, 6) is 1.16. The van der Waals surface area contributed by atoms with E-state index in [2.05, 4.69) is 15.5 Å². The number of halogens is 1. The topological polar surface area (TPSA) is 86.5 Å². The highest BCUT2D eigenvalue weighted by Crippen LogP contribution is 2.26. The van der Waals surface area contributed by atoms with E-state index in [1.807, 2.05) is 31.2 Å². The Morgan fingerprint density at radius 3 is 2.59 bits per heavy atom. The van der Waals surface area contributed by atoms with Gasteiger partial charge in [-0.05, 0) is 50.2 Å². The highest BCUT2D eigenvalue weighted by Gasteiger charge is 2.13. The Morgan fingerprint density at radius 1 is 1.10 bits per heavy atom. The summed E-state index contributed by atoms with van der Waals surface area (Å²) in [6.45, 7) is 4.66. The summed E-state index contributed by atoms with van der Waals surface area (Å²) < 4.78 is 29.3. The molecule has 0 saturated heterocycles. The van der Waals surface area contributed by atoms with Crippen LogP contribution in [0.1, 0.15) is 26.2 Å². The number of rotatable bonds is 9. The molecule has 2 aromatic carbocycles. The summed E-state index contributed by atoms with van der Waals surface area (Å²) in [6.07, 6.45) is 0.412. The van der Waals surface area contributed by atoms with Crippen LogP contribution in [-0.4, -0.2) is 29.3 Å². The lowest BCUT2D eigenvalue weighted by atomic mass is 10.2. The van der Waals surface area contributed by atoms with Crippen LogP contribution in [0.3, 0.4) is 0 Å². The number of carbonyl (C=O) groups is 1. The zero-order valence-corrected chi connectivity index (χ0v) is 16.3. The van der Waals surface area contributed by atoms with Gasteiger partial charge in [-0.3, -0.25) is 4.79 Å². The number of nitrogens with zero attached hydrogens (tertiary/aromatic N) is 2. The van der Waals surface area contributed by atoms with Crippen LogP contribution >= 0.6 is 0 Å². The van der Waals surface area contributed by atoms with Gasteiger partial charge in [0.15, 0.2) is 0 Å². The molecule has 0 aliphatic rings. The zero-order chi connectivity index (χ0) is 20.6. The van der Waals surface area contributed by atoms with Crippen LogP contribution in [0, 0.1) is 5.82 Å². The van der Waals surface area contributed by atoms with E-state index in [4.69, 9.17) is 14.0 Å². The lowest BCUT2D eigenvalue weighted by molar-refractivity contribution is -0.116. The van der Waals surface area contributed by atoms with Crippen LogP contribution in [0.4, 0.5) is 10.1 Å². The quantitative estimate of drug-likeness (QED) is 0.579. The van der Waals surface area contributed by atoms with Gasteiger partial charge in [-0.2, -0.15) is 4.98 Å². The molecule has 1 amide bonds. The Balaban J connectivity index is 1.57. The van der Waals surface area contributed by atoms with Crippen molar-refractivity contribution in [3.63, 3.8) is 0 Å². The summed E-state index contributed by atoms with van der Waals surface area (Å²) in [6, 6.07) is 11.3. The second kappa shape index (κ2) is 9.68. The van der Waals surface area contributed by atoms with E-state index >= 15 is 0 Å². The molecule has 8 heteroatoms. The van der Waals surface area contributed by atoms with Gasteiger partial charge in [0.25, 0.3) is 0 Å². The van der Waals surface area contributed by atoms with Crippen LogP contribution in [0.2, 0.25) is 0 Å². The van der Waals surface area contributed by atoms with E-state index < -0.39 is 5.82 Å². The molecule has 3 rings (SSSR count). The Morgan fingerprint density at radius 2 is 1.86 bits per heavy atom. The third kappa shape index (κ3) is 5.54. The van der Waals surface area contributed by atoms with Gasteiger partial charge in [-0.15, -0.1) is 0 Å². The molecule has 1 heterocycles. The number of benzene rings is 2. The lowest BCUT2D eigenvalue weighted by Crippen LogP contribution is -2.13. The predicted octanol–water partition coefficient (Wildman–Crippen LogP) is 4.24. The number of ether oxygens (including phenoxy) is 2. The van der Waals surface area contributed by atoms with Crippen LogP contribution in [0.15, 0.2) is 47.0 Å². The number of nitrogens with one attached hydrogen (secondary N) is 1. The van der Waals surface area contributed by atoms with Crippen molar-refractivity contribution in [1.29, 1.82) is 0 Å². The minimum atomic E-state index is -0.431. The summed E-state index contributed by atoms with van der Waals surface area (Å²) in [4.78, 5) is 16.6. The molecule has 152 valence electrons. The van der Waals surface area contributed by atoms with Crippen LogP contribution in [-0.2, 0) is 11.2 Å². The summed E-state index contributed by atoms with van der Waals surface area (Å²) in [5, 5.41) is 6.67. The molecule has 0 aliphatic heterocycles. The molecule has 0 saturated carbocycles. The molecule has 0 aliphatic carbocycles. The maximum Gasteiger partial charge on any atom is 0.227 e. The van der Waals surface area contributed by atoms with Crippen LogP contribution < -0.4 is 14.8 Å². The van der Waals surface area contributed by atoms with Crippen molar-refractivity contribution >= 4 is 11.6 Å². The van der Waals surface area contributed by atoms with E-state index in [1.54, 1.807) is 6.92 Å². The van der Waals surface area contributed by atoms with Gasteiger partial charge >= 0.3 is 0 Å². The summed E-state index contributed by atoms with van der Waals surface area (Å²) in [7, 11) is 0. The Bertz CT molecular complexity index is 957. The van der Waals surface area contributed by atoms with Crippen molar-refractivity contribution in [3.8, 4) is 22.9 Å². The van der Waals surface area contributed by atoms with Crippen LogP contribution in [0.25, 0.3) is 11.4 Å². The Labute approximate surface area is 167 Å². The van der Waals surface area contributed by atoms with Crippen molar-refractivity contribution < 1.29 is 23.2 Å². The Kier molecular flexibility index (Phi) is 6.78. The number of hydrogen-bond acceptors (Lipinski definition) is 6. The number of hydrogen-bond donors (Lipinski definition) is 1. The number of anilines is 1. The van der Waals surface area contributed by atoms with E-state index in [0.29, 0.717) is 30.6 Å². The molecule has 0 unspecified atom stereocenters. The van der Waals surface area contributed by atoms with Gasteiger partial charge in [-0.25, -0.2) is 4.39 Å². The Hall–Kier alpha value is -3.42. The normalized spacial score (nSPS) is 10.6. The van der Waals surface area contributed by atoms with E-state index in [1.165, 1.54) is 18.2 Å².